The lowest BCUT2D eigenvalue weighted by Gasteiger charge is -2.39. The van der Waals surface area contributed by atoms with E-state index < -0.39 is 10.0 Å². The van der Waals surface area contributed by atoms with Crippen LogP contribution in [0.4, 0.5) is 0 Å². The van der Waals surface area contributed by atoms with Crippen LogP contribution in [-0.2, 0) is 14.8 Å². The van der Waals surface area contributed by atoms with Crippen molar-refractivity contribution in [1.29, 1.82) is 0 Å². The maximum absolute atomic E-state index is 13.3. The molecule has 1 amide bonds. The van der Waals surface area contributed by atoms with Gasteiger partial charge in [0.05, 0.1) is 11.5 Å². The van der Waals surface area contributed by atoms with Gasteiger partial charge in [0.15, 0.2) is 0 Å². The Bertz CT molecular complexity index is 821. The van der Waals surface area contributed by atoms with Crippen LogP contribution in [0.25, 0.3) is 0 Å². The van der Waals surface area contributed by atoms with Gasteiger partial charge in [0.25, 0.3) is 0 Å². The van der Waals surface area contributed by atoms with Crippen molar-refractivity contribution in [1.82, 2.24) is 9.21 Å². The third kappa shape index (κ3) is 4.67. The first-order valence-electron chi connectivity index (χ1n) is 11.6. The molecule has 2 saturated carbocycles. The highest BCUT2D eigenvalue weighted by Gasteiger charge is 2.41. The van der Waals surface area contributed by atoms with Crippen molar-refractivity contribution in [2.45, 2.75) is 81.7 Å². The Morgan fingerprint density at radius 1 is 0.967 bits per heavy atom. The van der Waals surface area contributed by atoms with Gasteiger partial charge < -0.3 is 9.64 Å². The summed E-state index contributed by atoms with van der Waals surface area (Å²) < 4.78 is 33.0. The van der Waals surface area contributed by atoms with Crippen molar-refractivity contribution in [3.05, 3.63) is 24.3 Å². The summed E-state index contributed by atoms with van der Waals surface area (Å²) in [6, 6.07) is 7.45. The molecule has 3 aliphatic rings. The van der Waals surface area contributed by atoms with Crippen LogP contribution in [0, 0.1) is 5.92 Å². The summed E-state index contributed by atoms with van der Waals surface area (Å²) in [5.41, 5.74) is 0. The predicted octanol–water partition coefficient (Wildman–Crippen LogP) is 3.81. The number of carbonyl (C=O) groups is 1. The highest BCUT2D eigenvalue weighted by molar-refractivity contribution is 7.89. The molecule has 0 spiro atoms. The Hall–Kier alpha value is -1.60. The lowest BCUT2D eigenvalue weighted by Crippen LogP contribution is -2.49. The summed E-state index contributed by atoms with van der Waals surface area (Å²) in [6.07, 6.45) is 9.49. The number of hydrogen-bond acceptors (Lipinski definition) is 4. The topological polar surface area (TPSA) is 66.9 Å². The first kappa shape index (κ1) is 21.6. The van der Waals surface area contributed by atoms with E-state index in [1.54, 1.807) is 24.3 Å². The van der Waals surface area contributed by atoms with Gasteiger partial charge in [-0.05, 0) is 69.7 Å². The number of amides is 1. The number of rotatable bonds is 7. The fourth-order valence-corrected chi connectivity index (χ4v) is 6.42. The minimum Gasteiger partial charge on any atom is -0.494 e. The summed E-state index contributed by atoms with van der Waals surface area (Å²) in [5, 5.41) is 0. The van der Waals surface area contributed by atoms with Crippen molar-refractivity contribution in [2.75, 3.05) is 19.7 Å². The van der Waals surface area contributed by atoms with E-state index in [1.807, 2.05) is 6.92 Å². The quantitative estimate of drug-likeness (QED) is 0.654. The molecule has 3 fully saturated rings. The summed E-state index contributed by atoms with van der Waals surface area (Å²) >= 11 is 0. The van der Waals surface area contributed by atoms with Crippen LogP contribution in [0.1, 0.15) is 64.7 Å². The molecule has 0 N–H and O–H groups in total. The van der Waals surface area contributed by atoms with E-state index in [2.05, 4.69) is 4.90 Å². The molecule has 0 radical (unpaired) electrons. The zero-order valence-electron chi connectivity index (χ0n) is 18.0. The van der Waals surface area contributed by atoms with E-state index >= 15 is 0 Å². The van der Waals surface area contributed by atoms with Crippen molar-refractivity contribution >= 4 is 15.9 Å². The molecule has 2 aliphatic carbocycles. The van der Waals surface area contributed by atoms with Gasteiger partial charge in [-0.3, -0.25) is 4.79 Å². The smallest absolute Gasteiger partial charge is 0.243 e. The Balaban J connectivity index is 1.38. The van der Waals surface area contributed by atoms with Crippen molar-refractivity contribution in [2.24, 2.45) is 5.92 Å². The summed E-state index contributed by atoms with van der Waals surface area (Å²) in [5.74, 6) is 0.908. The Labute approximate surface area is 180 Å². The average Bonchev–Trinajstić information content (AvgIpc) is 3.60. The van der Waals surface area contributed by atoms with Gasteiger partial charge in [-0.2, -0.15) is 4.31 Å². The van der Waals surface area contributed by atoms with E-state index in [-0.39, 0.29) is 16.7 Å². The van der Waals surface area contributed by atoms with Crippen molar-refractivity contribution in [3.8, 4) is 5.75 Å². The summed E-state index contributed by atoms with van der Waals surface area (Å²) in [7, 11) is -3.53. The van der Waals surface area contributed by atoms with Crippen LogP contribution in [0.15, 0.2) is 29.2 Å². The highest BCUT2D eigenvalue weighted by atomic mass is 32.2. The van der Waals surface area contributed by atoms with Gasteiger partial charge in [-0.15, -0.1) is 0 Å². The second-order valence-corrected chi connectivity index (χ2v) is 10.8. The molecular weight excluding hydrogens is 400 g/mol. The summed E-state index contributed by atoms with van der Waals surface area (Å²) in [6.45, 7) is 3.27. The third-order valence-corrected chi connectivity index (χ3v) is 8.65. The number of nitrogens with zero attached hydrogens (tertiary/aromatic N) is 2. The molecule has 4 rings (SSSR count). The van der Waals surface area contributed by atoms with Crippen LogP contribution in [0.2, 0.25) is 0 Å². The number of sulfonamides is 1. The van der Waals surface area contributed by atoms with Crippen molar-refractivity contribution in [3.63, 3.8) is 0 Å². The maximum atomic E-state index is 13.3. The second kappa shape index (κ2) is 9.27. The minimum absolute atomic E-state index is 0.0423. The summed E-state index contributed by atoms with van der Waals surface area (Å²) in [4.78, 5) is 15.8. The number of benzene rings is 1. The Morgan fingerprint density at radius 2 is 1.57 bits per heavy atom. The maximum Gasteiger partial charge on any atom is 0.243 e. The first-order valence-corrected chi connectivity index (χ1v) is 13.0. The number of ether oxygens (including phenoxy) is 1. The van der Waals surface area contributed by atoms with Crippen LogP contribution >= 0.6 is 0 Å². The highest BCUT2D eigenvalue weighted by Crippen LogP contribution is 2.36. The molecule has 6 nitrogen and oxygen atoms in total. The first-order chi connectivity index (χ1) is 14.5. The van der Waals surface area contributed by atoms with E-state index in [0.717, 1.165) is 25.7 Å². The molecule has 1 heterocycles. The molecule has 0 bridgehead atoms. The van der Waals surface area contributed by atoms with Crippen LogP contribution < -0.4 is 4.74 Å². The number of carbonyl (C=O) groups excluding carboxylic acids is 1. The molecule has 7 heteroatoms. The minimum atomic E-state index is -3.53. The molecule has 30 heavy (non-hydrogen) atoms. The van der Waals surface area contributed by atoms with Gasteiger partial charge in [0.1, 0.15) is 5.75 Å². The lowest BCUT2D eigenvalue weighted by molar-refractivity contribution is -0.140. The van der Waals surface area contributed by atoms with Gasteiger partial charge in [-0.25, -0.2) is 8.42 Å². The van der Waals surface area contributed by atoms with Gasteiger partial charge in [0, 0.05) is 31.1 Å². The molecule has 0 unspecified atom stereocenters. The molecule has 1 aromatic rings. The molecule has 0 aromatic heterocycles. The molecule has 1 aromatic carbocycles. The van der Waals surface area contributed by atoms with Gasteiger partial charge in [0.2, 0.25) is 15.9 Å². The normalized spacial score (nSPS) is 22.0. The van der Waals surface area contributed by atoms with Crippen LogP contribution in [-0.4, -0.2) is 55.3 Å². The molecule has 1 saturated heterocycles. The fourth-order valence-electron chi connectivity index (χ4n) is 4.95. The molecular formula is C23H34N2O4S. The Kier molecular flexibility index (Phi) is 6.68. The lowest BCUT2D eigenvalue weighted by atomic mass is 9.91. The number of hydrogen-bond donors (Lipinski definition) is 0. The van der Waals surface area contributed by atoms with E-state index in [0.29, 0.717) is 50.4 Å². The van der Waals surface area contributed by atoms with Gasteiger partial charge in [-0.1, -0.05) is 19.3 Å². The largest absolute Gasteiger partial charge is 0.494 e. The third-order valence-electron chi connectivity index (χ3n) is 6.74. The van der Waals surface area contributed by atoms with E-state index in [1.165, 1.54) is 23.6 Å². The molecule has 166 valence electrons. The SMILES string of the molecule is CCOc1ccc(S(=O)(=O)N2CCC(C(=O)N(C3CCCCC3)C3CC3)CC2)cc1. The van der Waals surface area contributed by atoms with Crippen LogP contribution in [0.3, 0.4) is 0 Å². The second-order valence-electron chi connectivity index (χ2n) is 8.85. The van der Waals surface area contributed by atoms with Crippen LogP contribution in [0.5, 0.6) is 5.75 Å². The van der Waals surface area contributed by atoms with Crippen molar-refractivity contribution < 1.29 is 17.9 Å². The van der Waals surface area contributed by atoms with Gasteiger partial charge >= 0.3 is 0 Å². The monoisotopic (exact) mass is 434 g/mol. The molecule has 1 aliphatic heterocycles. The standard InChI is InChI=1S/C23H34N2O4S/c1-2-29-21-10-12-22(13-11-21)30(27,28)24-16-14-18(15-17-24)23(26)25(20-8-9-20)19-6-4-3-5-7-19/h10-13,18-20H,2-9,14-17H2,1H3. The predicted molar refractivity (Wildman–Crippen MR) is 116 cm³/mol. The Morgan fingerprint density at radius 3 is 2.13 bits per heavy atom. The zero-order valence-corrected chi connectivity index (χ0v) is 18.8. The van der Waals surface area contributed by atoms with E-state index in [4.69, 9.17) is 4.74 Å². The number of piperidine rings is 1. The average molecular weight is 435 g/mol. The fraction of sp³-hybridized carbons (Fsp3) is 0.696. The van der Waals surface area contributed by atoms with E-state index in [9.17, 15) is 13.2 Å². The zero-order chi connectivity index (χ0) is 21.1. The molecule has 0 atom stereocenters.